The molecule has 2 amide bonds. The Morgan fingerprint density at radius 1 is 1.03 bits per heavy atom. The van der Waals surface area contributed by atoms with Crippen LogP contribution in [0.15, 0.2) is 48.5 Å². The van der Waals surface area contributed by atoms with Crippen molar-refractivity contribution >= 4 is 18.0 Å². The van der Waals surface area contributed by atoms with Crippen LogP contribution >= 0.6 is 0 Å². The molecule has 4 rings (SSSR count). The lowest BCUT2D eigenvalue weighted by Crippen LogP contribution is -2.50. The summed E-state index contributed by atoms with van der Waals surface area (Å²) >= 11 is 0. The van der Waals surface area contributed by atoms with Gasteiger partial charge in [0.25, 0.3) is 0 Å². The number of amides is 2. The normalized spacial score (nSPS) is 16.7. The highest BCUT2D eigenvalue weighted by Crippen LogP contribution is 2.44. The summed E-state index contributed by atoms with van der Waals surface area (Å²) in [4.78, 5) is 36.3. The van der Waals surface area contributed by atoms with E-state index in [1.54, 1.807) is 0 Å². The predicted octanol–water partition coefficient (Wildman–Crippen LogP) is 4.99. The summed E-state index contributed by atoms with van der Waals surface area (Å²) in [6.07, 6.45) is 4.28. The molecule has 0 aliphatic heterocycles. The number of fused-ring (bicyclic) bond motifs is 3. The number of alkyl carbamates (subject to hydrolysis) is 1. The Labute approximate surface area is 206 Å². The molecular formula is C28H34N2O5. The first kappa shape index (κ1) is 24.8. The van der Waals surface area contributed by atoms with E-state index < -0.39 is 17.6 Å². The largest absolute Gasteiger partial charge is 0.481 e. The number of carboxylic acids is 1. The number of carboxylic acid groups (broad SMARTS) is 1. The van der Waals surface area contributed by atoms with Gasteiger partial charge in [-0.25, -0.2) is 4.79 Å². The maximum absolute atomic E-state index is 12.9. The second-order valence-electron chi connectivity index (χ2n) is 9.87. The van der Waals surface area contributed by atoms with Crippen LogP contribution in [0.5, 0.6) is 0 Å². The number of hydrogen-bond acceptors (Lipinski definition) is 4. The lowest BCUT2D eigenvalue weighted by Gasteiger charge is -2.30. The third-order valence-corrected chi connectivity index (χ3v) is 7.21. The van der Waals surface area contributed by atoms with Crippen molar-refractivity contribution in [2.75, 3.05) is 6.61 Å². The van der Waals surface area contributed by atoms with E-state index >= 15 is 0 Å². The Bertz CT molecular complexity index is 1030. The molecule has 0 heterocycles. The molecule has 0 saturated heterocycles. The highest BCUT2D eigenvalue weighted by molar-refractivity contribution is 5.80. The van der Waals surface area contributed by atoms with Gasteiger partial charge in [0.15, 0.2) is 0 Å². The first-order valence-electron chi connectivity index (χ1n) is 12.5. The van der Waals surface area contributed by atoms with Gasteiger partial charge in [-0.3, -0.25) is 9.59 Å². The number of nitrogens with one attached hydrogen (secondary N) is 2. The van der Waals surface area contributed by atoms with E-state index in [0.29, 0.717) is 12.8 Å². The van der Waals surface area contributed by atoms with Crippen LogP contribution in [-0.2, 0) is 14.3 Å². The number of ether oxygens (including phenoxy) is 1. The third kappa shape index (κ3) is 6.02. The van der Waals surface area contributed by atoms with Crippen LogP contribution in [0.2, 0.25) is 0 Å². The van der Waals surface area contributed by atoms with Crippen molar-refractivity contribution in [1.82, 2.24) is 10.6 Å². The van der Waals surface area contributed by atoms with Gasteiger partial charge in [-0.1, -0.05) is 61.4 Å². The van der Waals surface area contributed by atoms with Gasteiger partial charge >= 0.3 is 12.1 Å². The van der Waals surface area contributed by atoms with Crippen molar-refractivity contribution in [3.05, 3.63) is 59.7 Å². The SMILES string of the molecule is CC(CCCC(=O)O)NC(=O)CC1(NC(=O)OCC2c3ccccc3-c3ccccc32)CCCC1. The maximum atomic E-state index is 12.9. The minimum Gasteiger partial charge on any atom is -0.481 e. The van der Waals surface area contributed by atoms with Crippen LogP contribution in [0.4, 0.5) is 4.79 Å². The van der Waals surface area contributed by atoms with Crippen LogP contribution in [0.1, 0.15) is 75.3 Å². The van der Waals surface area contributed by atoms with Crippen molar-refractivity contribution < 1.29 is 24.2 Å². The van der Waals surface area contributed by atoms with Crippen LogP contribution in [0.25, 0.3) is 11.1 Å². The third-order valence-electron chi connectivity index (χ3n) is 7.21. The van der Waals surface area contributed by atoms with Gasteiger partial charge in [-0.15, -0.1) is 0 Å². The first-order chi connectivity index (χ1) is 16.9. The van der Waals surface area contributed by atoms with Gasteiger partial charge in [0, 0.05) is 24.8 Å². The number of aliphatic carboxylic acids is 1. The van der Waals surface area contributed by atoms with Gasteiger partial charge in [-0.05, 0) is 54.9 Å². The molecule has 7 nitrogen and oxygen atoms in total. The Hall–Kier alpha value is -3.35. The fourth-order valence-corrected chi connectivity index (χ4v) is 5.51. The van der Waals surface area contributed by atoms with Gasteiger partial charge in [0.05, 0.1) is 5.54 Å². The topological polar surface area (TPSA) is 105 Å². The minimum atomic E-state index is -0.833. The molecule has 0 spiro atoms. The summed E-state index contributed by atoms with van der Waals surface area (Å²) in [5, 5.41) is 14.8. The highest BCUT2D eigenvalue weighted by atomic mass is 16.5. The second kappa shape index (κ2) is 10.9. The predicted molar refractivity (Wildman–Crippen MR) is 133 cm³/mol. The van der Waals surface area contributed by atoms with Crippen molar-refractivity contribution in [1.29, 1.82) is 0 Å². The van der Waals surface area contributed by atoms with E-state index in [1.165, 1.54) is 11.1 Å². The minimum absolute atomic E-state index is 0.0115. The second-order valence-corrected chi connectivity index (χ2v) is 9.87. The number of benzene rings is 2. The molecule has 0 bridgehead atoms. The van der Waals surface area contributed by atoms with E-state index in [2.05, 4.69) is 34.9 Å². The summed E-state index contributed by atoms with van der Waals surface area (Å²) in [6.45, 7) is 2.11. The molecule has 7 heteroatoms. The zero-order valence-electron chi connectivity index (χ0n) is 20.2. The van der Waals surface area contributed by atoms with Crippen molar-refractivity contribution in [3.63, 3.8) is 0 Å². The number of hydrogen-bond donors (Lipinski definition) is 3. The molecule has 1 atom stereocenters. The standard InChI is InChI=1S/C28H34N2O5/c1-19(9-8-14-26(32)33)29-25(31)17-28(15-6-7-16-28)30-27(34)35-18-24-22-12-4-2-10-20(22)21-11-3-5-13-23(21)24/h2-5,10-13,19,24H,6-9,14-18H2,1H3,(H,29,31)(H,30,34)(H,32,33). The van der Waals surface area contributed by atoms with Crippen LogP contribution in [-0.4, -0.2) is 41.3 Å². The van der Waals surface area contributed by atoms with E-state index in [0.717, 1.165) is 36.8 Å². The van der Waals surface area contributed by atoms with Crippen molar-refractivity contribution in [2.45, 2.75) is 75.8 Å². The Balaban J connectivity index is 1.33. The molecule has 2 aromatic carbocycles. The van der Waals surface area contributed by atoms with Gasteiger partial charge in [0.1, 0.15) is 6.61 Å². The summed E-state index contributed by atoms with van der Waals surface area (Å²) < 4.78 is 5.73. The van der Waals surface area contributed by atoms with Crippen LogP contribution in [0, 0.1) is 0 Å². The van der Waals surface area contributed by atoms with Gasteiger partial charge < -0.3 is 20.5 Å². The fourth-order valence-electron chi connectivity index (χ4n) is 5.51. The summed E-state index contributed by atoms with van der Waals surface area (Å²) in [6, 6.07) is 16.3. The van der Waals surface area contributed by atoms with E-state index in [4.69, 9.17) is 9.84 Å². The average molecular weight is 479 g/mol. The molecular weight excluding hydrogens is 444 g/mol. The van der Waals surface area contributed by atoms with E-state index in [9.17, 15) is 14.4 Å². The average Bonchev–Trinajstić information content (AvgIpc) is 3.39. The summed E-state index contributed by atoms with van der Waals surface area (Å²) in [5.41, 5.74) is 4.08. The molecule has 1 saturated carbocycles. The summed E-state index contributed by atoms with van der Waals surface area (Å²) in [5.74, 6) is -0.975. The molecule has 2 aliphatic rings. The monoisotopic (exact) mass is 478 g/mol. The summed E-state index contributed by atoms with van der Waals surface area (Å²) in [7, 11) is 0. The molecule has 35 heavy (non-hydrogen) atoms. The fraction of sp³-hybridized carbons (Fsp3) is 0.464. The lowest BCUT2D eigenvalue weighted by atomic mass is 9.92. The molecule has 2 aliphatic carbocycles. The molecule has 186 valence electrons. The maximum Gasteiger partial charge on any atom is 0.407 e. The molecule has 0 radical (unpaired) electrons. The number of rotatable bonds is 10. The zero-order chi connectivity index (χ0) is 24.8. The number of carbonyl (C=O) groups excluding carboxylic acids is 2. The zero-order valence-corrected chi connectivity index (χ0v) is 20.2. The lowest BCUT2D eigenvalue weighted by molar-refractivity contribution is -0.137. The van der Waals surface area contributed by atoms with E-state index in [1.807, 2.05) is 31.2 Å². The Morgan fingerprint density at radius 3 is 2.23 bits per heavy atom. The molecule has 0 aromatic heterocycles. The highest BCUT2D eigenvalue weighted by Gasteiger charge is 2.38. The van der Waals surface area contributed by atoms with Gasteiger partial charge in [-0.2, -0.15) is 0 Å². The smallest absolute Gasteiger partial charge is 0.407 e. The van der Waals surface area contributed by atoms with Gasteiger partial charge in [0.2, 0.25) is 5.91 Å². The number of carbonyl (C=O) groups is 3. The van der Waals surface area contributed by atoms with E-state index in [-0.39, 0.29) is 37.3 Å². The van der Waals surface area contributed by atoms with Crippen molar-refractivity contribution in [3.8, 4) is 11.1 Å². The van der Waals surface area contributed by atoms with Crippen LogP contribution < -0.4 is 10.6 Å². The molecule has 1 fully saturated rings. The molecule has 3 N–H and O–H groups in total. The first-order valence-corrected chi connectivity index (χ1v) is 12.5. The molecule has 2 aromatic rings. The van der Waals surface area contributed by atoms with Crippen LogP contribution in [0.3, 0.4) is 0 Å². The Morgan fingerprint density at radius 2 is 1.63 bits per heavy atom. The quantitative estimate of drug-likeness (QED) is 0.446. The van der Waals surface area contributed by atoms with Crippen molar-refractivity contribution in [2.24, 2.45) is 0 Å². The Kier molecular flexibility index (Phi) is 7.73. The molecule has 1 unspecified atom stereocenters.